The lowest BCUT2D eigenvalue weighted by molar-refractivity contribution is 0.198. The molecule has 1 aromatic carbocycles. The third kappa shape index (κ3) is 5.54. The largest absolute Gasteiger partial charge is 0.489 e. The Morgan fingerprint density at radius 2 is 1.80 bits per heavy atom. The highest BCUT2D eigenvalue weighted by molar-refractivity contribution is 5.32. The van der Waals surface area contributed by atoms with Crippen molar-refractivity contribution in [1.82, 2.24) is 5.32 Å². The summed E-state index contributed by atoms with van der Waals surface area (Å²) in [6.07, 6.45) is 1.27. The number of ether oxygens (including phenoxy) is 1. The van der Waals surface area contributed by atoms with Crippen LogP contribution in [0.4, 0.5) is 0 Å². The van der Waals surface area contributed by atoms with E-state index in [1.165, 1.54) is 5.56 Å². The number of rotatable bonds is 6. The molecule has 0 heterocycles. The molecule has 2 nitrogen and oxygen atoms in total. The Bertz CT molecular complexity index is 418. The molecule has 0 saturated carbocycles. The summed E-state index contributed by atoms with van der Waals surface area (Å²) in [6.45, 7) is 16.3. The van der Waals surface area contributed by atoms with E-state index in [-0.39, 0.29) is 17.1 Å². The van der Waals surface area contributed by atoms with Gasteiger partial charge >= 0.3 is 0 Å². The standard InChI is InChI=1S/C18H31NO/c1-8-18(6,7)19-13-14(2)20-16-11-9-10-15(12-16)17(3,4)5/h9-12,14,19H,8,13H2,1-7H3. The molecule has 0 aromatic heterocycles. The minimum atomic E-state index is 0.158. The Morgan fingerprint density at radius 1 is 1.15 bits per heavy atom. The number of hydrogen-bond acceptors (Lipinski definition) is 2. The second-order valence-electron chi connectivity index (χ2n) is 7.32. The van der Waals surface area contributed by atoms with Crippen molar-refractivity contribution in [3.05, 3.63) is 29.8 Å². The van der Waals surface area contributed by atoms with E-state index in [1.807, 2.05) is 6.07 Å². The molecule has 1 aromatic rings. The summed E-state index contributed by atoms with van der Waals surface area (Å²) in [5.41, 5.74) is 1.64. The summed E-state index contributed by atoms with van der Waals surface area (Å²) < 4.78 is 6.03. The van der Waals surface area contributed by atoms with Gasteiger partial charge in [0.2, 0.25) is 0 Å². The first-order valence-corrected chi connectivity index (χ1v) is 7.66. The topological polar surface area (TPSA) is 21.3 Å². The minimum absolute atomic E-state index is 0.158. The highest BCUT2D eigenvalue weighted by Crippen LogP contribution is 2.26. The van der Waals surface area contributed by atoms with Crippen molar-refractivity contribution >= 4 is 0 Å². The zero-order chi connectivity index (χ0) is 15.4. The van der Waals surface area contributed by atoms with Crippen molar-refractivity contribution in [1.29, 1.82) is 0 Å². The van der Waals surface area contributed by atoms with Crippen molar-refractivity contribution < 1.29 is 4.74 Å². The molecule has 114 valence electrons. The summed E-state index contributed by atoms with van der Waals surface area (Å²) in [5.74, 6) is 0.959. The predicted molar refractivity (Wildman–Crippen MR) is 87.6 cm³/mol. The zero-order valence-corrected chi connectivity index (χ0v) is 14.2. The fraction of sp³-hybridized carbons (Fsp3) is 0.667. The van der Waals surface area contributed by atoms with Gasteiger partial charge in [0.1, 0.15) is 11.9 Å². The average molecular weight is 277 g/mol. The van der Waals surface area contributed by atoms with Gasteiger partial charge in [0.05, 0.1) is 0 Å². The SMILES string of the molecule is CCC(C)(C)NCC(C)Oc1cccc(C(C)(C)C)c1. The van der Waals surface area contributed by atoms with Crippen LogP contribution in [-0.2, 0) is 5.41 Å². The maximum atomic E-state index is 6.03. The predicted octanol–water partition coefficient (Wildman–Crippen LogP) is 4.53. The summed E-state index contributed by atoms with van der Waals surface area (Å²) >= 11 is 0. The fourth-order valence-corrected chi connectivity index (χ4v) is 1.85. The Hall–Kier alpha value is -1.02. The third-order valence-corrected chi connectivity index (χ3v) is 3.79. The molecule has 1 rings (SSSR count). The maximum Gasteiger partial charge on any atom is 0.120 e. The van der Waals surface area contributed by atoms with Gasteiger partial charge in [-0.25, -0.2) is 0 Å². The van der Waals surface area contributed by atoms with Gasteiger partial charge in [0.25, 0.3) is 0 Å². The molecule has 2 heteroatoms. The Labute approximate surface area is 124 Å². The maximum absolute atomic E-state index is 6.03. The van der Waals surface area contributed by atoms with Crippen LogP contribution in [0.5, 0.6) is 5.75 Å². The first-order valence-electron chi connectivity index (χ1n) is 7.66. The van der Waals surface area contributed by atoms with E-state index in [0.717, 1.165) is 18.7 Å². The van der Waals surface area contributed by atoms with Crippen LogP contribution in [0.2, 0.25) is 0 Å². The first-order chi connectivity index (χ1) is 9.14. The van der Waals surface area contributed by atoms with E-state index < -0.39 is 0 Å². The lowest BCUT2D eigenvalue weighted by Gasteiger charge is -2.27. The van der Waals surface area contributed by atoms with Crippen LogP contribution in [0.3, 0.4) is 0 Å². The van der Waals surface area contributed by atoms with Gasteiger partial charge in [-0.05, 0) is 50.3 Å². The summed E-state index contributed by atoms with van der Waals surface area (Å²) in [7, 11) is 0. The minimum Gasteiger partial charge on any atom is -0.489 e. The van der Waals surface area contributed by atoms with Crippen LogP contribution < -0.4 is 10.1 Å². The quantitative estimate of drug-likeness (QED) is 0.825. The lowest BCUT2D eigenvalue weighted by atomic mass is 9.87. The first kappa shape index (κ1) is 17.0. The third-order valence-electron chi connectivity index (χ3n) is 3.79. The molecule has 1 N–H and O–H groups in total. The summed E-state index contributed by atoms with van der Waals surface area (Å²) in [5, 5.41) is 3.55. The second-order valence-corrected chi connectivity index (χ2v) is 7.32. The molecular formula is C18H31NO. The van der Waals surface area contributed by atoms with E-state index in [9.17, 15) is 0 Å². The molecule has 1 unspecified atom stereocenters. The molecule has 1 atom stereocenters. The van der Waals surface area contributed by atoms with Gasteiger partial charge < -0.3 is 10.1 Å². The second kappa shape index (κ2) is 6.62. The van der Waals surface area contributed by atoms with Gasteiger partial charge in [-0.15, -0.1) is 0 Å². The monoisotopic (exact) mass is 277 g/mol. The number of nitrogens with one attached hydrogen (secondary N) is 1. The molecule has 0 bridgehead atoms. The van der Waals surface area contributed by atoms with Crippen LogP contribution in [0.15, 0.2) is 24.3 Å². The van der Waals surface area contributed by atoms with E-state index in [2.05, 4.69) is 72.0 Å². The summed E-state index contributed by atoms with van der Waals surface area (Å²) in [6, 6.07) is 8.43. The van der Waals surface area contributed by atoms with Crippen LogP contribution in [0.1, 0.15) is 60.5 Å². The molecule has 0 aliphatic heterocycles. The van der Waals surface area contributed by atoms with Gasteiger partial charge in [0, 0.05) is 12.1 Å². The molecule has 20 heavy (non-hydrogen) atoms. The molecule has 0 fully saturated rings. The van der Waals surface area contributed by atoms with Crippen molar-refractivity contribution in [2.75, 3.05) is 6.54 Å². The van der Waals surface area contributed by atoms with E-state index in [4.69, 9.17) is 4.74 Å². The Balaban J connectivity index is 2.60. The van der Waals surface area contributed by atoms with E-state index in [0.29, 0.717) is 0 Å². The van der Waals surface area contributed by atoms with Crippen molar-refractivity contribution in [3.63, 3.8) is 0 Å². The molecule has 0 radical (unpaired) electrons. The Kier molecular flexibility index (Phi) is 5.64. The highest BCUT2D eigenvalue weighted by Gasteiger charge is 2.17. The smallest absolute Gasteiger partial charge is 0.120 e. The van der Waals surface area contributed by atoms with Gasteiger partial charge in [-0.1, -0.05) is 39.8 Å². The van der Waals surface area contributed by atoms with Gasteiger partial charge in [0.15, 0.2) is 0 Å². The Morgan fingerprint density at radius 3 is 2.35 bits per heavy atom. The van der Waals surface area contributed by atoms with Gasteiger partial charge in [-0.2, -0.15) is 0 Å². The lowest BCUT2D eigenvalue weighted by Crippen LogP contribution is -2.43. The van der Waals surface area contributed by atoms with Crippen molar-refractivity contribution in [2.45, 2.75) is 71.9 Å². The van der Waals surface area contributed by atoms with E-state index in [1.54, 1.807) is 0 Å². The number of benzene rings is 1. The van der Waals surface area contributed by atoms with Crippen LogP contribution in [0.25, 0.3) is 0 Å². The fourth-order valence-electron chi connectivity index (χ4n) is 1.85. The summed E-state index contributed by atoms with van der Waals surface area (Å²) in [4.78, 5) is 0. The molecular weight excluding hydrogens is 246 g/mol. The number of hydrogen-bond donors (Lipinski definition) is 1. The zero-order valence-electron chi connectivity index (χ0n) is 14.2. The van der Waals surface area contributed by atoms with Crippen LogP contribution in [0, 0.1) is 0 Å². The average Bonchev–Trinajstić information content (AvgIpc) is 2.36. The van der Waals surface area contributed by atoms with Crippen LogP contribution in [-0.4, -0.2) is 18.2 Å². The molecule has 0 aliphatic carbocycles. The molecule has 0 saturated heterocycles. The van der Waals surface area contributed by atoms with Crippen LogP contribution >= 0.6 is 0 Å². The van der Waals surface area contributed by atoms with Crippen molar-refractivity contribution in [3.8, 4) is 5.75 Å². The molecule has 0 amide bonds. The van der Waals surface area contributed by atoms with E-state index >= 15 is 0 Å². The molecule has 0 aliphatic rings. The highest BCUT2D eigenvalue weighted by atomic mass is 16.5. The molecule has 0 spiro atoms. The van der Waals surface area contributed by atoms with Gasteiger partial charge in [-0.3, -0.25) is 0 Å². The van der Waals surface area contributed by atoms with Crippen molar-refractivity contribution in [2.24, 2.45) is 0 Å². The normalized spacial score (nSPS) is 14.2.